The van der Waals surface area contributed by atoms with Gasteiger partial charge in [-0.3, -0.25) is 9.36 Å². The Bertz CT molecular complexity index is 669. The van der Waals surface area contributed by atoms with Crippen LogP contribution in [0.5, 0.6) is 0 Å². The van der Waals surface area contributed by atoms with E-state index in [1.807, 2.05) is 0 Å². The van der Waals surface area contributed by atoms with Crippen LogP contribution in [0.1, 0.15) is 23.7 Å². The number of nitrogens with zero attached hydrogens (tertiary/aromatic N) is 2. The lowest BCUT2D eigenvalue weighted by molar-refractivity contribution is 0.0961. The van der Waals surface area contributed by atoms with Crippen molar-refractivity contribution in [3.63, 3.8) is 0 Å². The second-order valence-electron chi connectivity index (χ2n) is 4.08. The molecule has 0 radical (unpaired) electrons. The molecule has 6 nitrogen and oxygen atoms in total. The maximum atomic E-state index is 12.2. The lowest BCUT2D eigenvalue weighted by Crippen LogP contribution is -2.19. The van der Waals surface area contributed by atoms with Crippen molar-refractivity contribution in [1.29, 1.82) is 0 Å². The number of imidazole rings is 1. The van der Waals surface area contributed by atoms with Gasteiger partial charge in [-0.25, -0.2) is 4.79 Å². The number of ketones is 1. The van der Waals surface area contributed by atoms with Crippen molar-refractivity contribution < 1.29 is 4.79 Å². The Morgan fingerprint density at radius 3 is 2.83 bits per heavy atom. The summed E-state index contributed by atoms with van der Waals surface area (Å²) in [4.78, 5) is 37.0. The number of hydrogen-bond donors (Lipinski definition) is 1. The highest BCUT2D eigenvalue weighted by atomic mass is 16.3. The summed E-state index contributed by atoms with van der Waals surface area (Å²) in [6.45, 7) is 1.72. The number of carbonyl (C=O) groups excluding carboxylic acids is 1. The summed E-state index contributed by atoms with van der Waals surface area (Å²) in [5.74, 6) is -0.354. The predicted molar refractivity (Wildman–Crippen MR) is 67.7 cm³/mol. The summed E-state index contributed by atoms with van der Waals surface area (Å²) in [5, 5.41) is 2.83. The topological polar surface area (TPSA) is 84.3 Å². The van der Waals surface area contributed by atoms with Crippen molar-refractivity contribution >= 4 is 16.8 Å². The Morgan fingerprint density at radius 2 is 2.22 bits per heavy atom. The first kappa shape index (κ1) is 12.2. The van der Waals surface area contributed by atoms with Crippen LogP contribution in [0.2, 0.25) is 0 Å². The Morgan fingerprint density at radius 1 is 1.50 bits per heavy atom. The predicted octanol–water partition coefficient (Wildman–Crippen LogP) is 1.59. The first-order valence-electron chi connectivity index (χ1n) is 5.64. The molecule has 0 amide bonds. The number of benzene rings is 1. The number of aryl methyl sites for hydroxylation is 1. The minimum absolute atomic E-state index is 0.294. The number of Topliss-reactive ketones (excluding diaryl/α,β-unsaturated/α-hetero) is 1. The fourth-order valence-corrected chi connectivity index (χ4v) is 1.99. The number of nitrogens with one attached hydrogen (secondary N) is 1. The number of nitroso groups, excluding NO2 is 1. The zero-order valence-corrected chi connectivity index (χ0v) is 10.1. The monoisotopic (exact) mass is 247 g/mol. The van der Waals surface area contributed by atoms with Crippen LogP contribution in [0.3, 0.4) is 0 Å². The van der Waals surface area contributed by atoms with Crippen molar-refractivity contribution in [3.05, 3.63) is 39.2 Å². The molecule has 1 N–H and O–H groups in total. The molecular formula is C12H13N3O3. The van der Waals surface area contributed by atoms with Gasteiger partial charge in [0.1, 0.15) is 0 Å². The van der Waals surface area contributed by atoms with E-state index < -0.39 is 6.04 Å². The molecule has 0 bridgehead atoms. The molecule has 94 valence electrons. The van der Waals surface area contributed by atoms with Gasteiger partial charge in [-0.1, -0.05) is 18.2 Å². The molecule has 2 aromatic rings. The van der Waals surface area contributed by atoms with E-state index in [2.05, 4.69) is 10.2 Å². The third-order valence-corrected chi connectivity index (χ3v) is 3.00. The van der Waals surface area contributed by atoms with E-state index in [4.69, 9.17) is 0 Å². The van der Waals surface area contributed by atoms with Crippen molar-refractivity contribution in [3.8, 4) is 0 Å². The van der Waals surface area contributed by atoms with Crippen LogP contribution >= 0.6 is 0 Å². The summed E-state index contributed by atoms with van der Waals surface area (Å²) in [7, 11) is 1.58. The molecule has 0 saturated heterocycles. The third kappa shape index (κ3) is 1.75. The maximum Gasteiger partial charge on any atom is 0.326 e. The van der Waals surface area contributed by atoms with E-state index in [0.29, 0.717) is 23.0 Å². The summed E-state index contributed by atoms with van der Waals surface area (Å²) >= 11 is 0. The second kappa shape index (κ2) is 4.56. The van der Waals surface area contributed by atoms with Crippen molar-refractivity contribution in [1.82, 2.24) is 9.55 Å². The van der Waals surface area contributed by atoms with E-state index in [-0.39, 0.29) is 11.5 Å². The number of aromatic amines is 1. The molecular weight excluding hydrogens is 234 g/mol. The first-order chi connectivity index (χ1) is 8.60. The Balaban J connectivity index is 2.68. The number of fused-ring (bicyclic) bond motifs is 1. The molecule has 18 heavy (non-hydrogen) atoms. The van der Waals surface area contributed by atoms with Crippen molar-refractivity contribution in [2.45, 2.75) is 19.4 Å². The van der Waals surface area contributed by atoms with E-state index in [1.54, 1.807) is 32.2 Å². The van der Waals surface area contributed by atoms with Gasteiger partial charge in [0.2, 0.25) is 0 Å². The molecule has 0 aliphatic heterocycles. The third-order valence-electron chi connectivity index (χ3n) is 3.00. The van der Waals surface area contributed by atoms with Crippen LogP contribution in [-0.4, -0.2) is 21.4 Å². The molecule has 1 unspecified atom stereocenters. The molecule has 0 aliphatic rings. The molecule has 1 aromatic carbocycles. The van der Waals surface area contributed by atoms with Crippen LogP contribution in [0.15, 0.2) is 28.2 Å². The lowest BCUT2D eigenvalue weighted by atomic mass is 10.0. The molecule has 1 aromatic heterocycles. The fraction of sp³-hybridized carbons (Fsp3) is 0.333. The van der Waals surface area contributed by atoms with Gasteiger partial charge in [-0.05, 0) is 18.6 Å². The van der Waals surface area contributed by atoms with Gasteiger partial charge in [0.05, 0.1) is 11.0 Å². The first-order valence-corrected chi connectivity index (χ1v) is 5.64. The van der Waals surface area contributed by atoms with Gasteiger partial charge >= 0.3 is 5.69 Å². The van der Waals surface area contributed by atoms with Crippen LogP contribution < -0.4 is 5.69 Å². The Hall–Kier alpha value is -2.24. The molecule has 2 rings (SSSR count). The molecule has 1 heterocycles. The van der Waals surface area contributed by atoms with Gasteiger partial charge in [0, 0.05) is 12.6 Å². The van der Waals surface area contributed by atoms with Crippen LogP contribution in [0, 0.1) is 4.91 Å². The number of H-pyrrole nitrogens is 1. The minimum atomic E-state index is -0.902. The summed E-state index contributed by atoms with van der Waals surface area (Å²) in [6, 6.07) is 4.08. The van der Waals surface area contributed by atoms with Gasteiger partial charge < -0.3 is 4.98 Å². The zero-order valence-electron chi connectivity index (χ0n) is 10.1. The van der Waals surface area contributed by atoms with Crippen molar-refractivity contribution in [2.75, 3.05) is 0 Å². The van der Waals surface area contributed by atoms with Gasteiger partial charge in [-0.15, -0.1) is 0 Å². The van der Waals surface area contributed by atoms with Crippen LogP contribution in [-0.2, 0) is 7.05 Å². The summed E-state index contributed by atoms with van der Waals surface area (Å²) in [6.07, 6.45) is 0.344. The number of para-hydroxylation sites is 1. The minimum Gasteiger partial charge on any atom is -0.306 e. The fourth-order valence-electron chi connectivity index (χ4n) is 1.99. The Kier molecular flexibility index (Phi) is 3.10. The number of rotatable bonds is 4. The van der Waals surface area contributed by atoms with Gasteiger partial charge in [-0.2, -0.15) is 4.91 Å². The lowest BCUT2D eigenvalue weighted by Gasteiger charge is -2.07. The molecule has 0 fully saturated rings. The Labute approximate surface area is 103 Å². The van der Waals surface area contributed by atoms with E-state index in [9.17, 15) is 14.5 Å². The number of aromatic nitrogens is 2. The SMILES string of the molecule is CCC(N=O)C(=O)c1cccc2[nH]c(=O)n(C)c12. The summed E-state index contributed by atoms with van der Waals surface area (Å²) < 4.78 is 1.36. The van der Waals surface area contributed by atoms with E-state index >= 15 is 0 Å². The smallest absolute Gasteiger partial charge is 0.306 e. The van der Waals surface area contributed by atoms with Crippen LogP contribution in [0.4, 0.5) is 0 Å². The average Bonchev–Trinajstić information content (AvgIpc) is 2.66. The molecule has 0 spiro atoms. The van der Waals surface area contributed by atoms with Gasteiger partial charge in [0.15, 0.2) is 11.8 Å². The number of carbonyl (C=O) groups is 1. The normalized spacial score (nSPS) is 12.6. The highest BCUT2D eigenvalue weighted by Gasteiger charge is 2.22. The molecule has 1 atom stereocenters. The molecule has 0 aliphatic carbocycles. The highest BCUT2D eigenvalue weighted by molar-refractivity contribution is 6.08. The van der Waals surface area contributed by atoms with Gasteiger partial charge in [0.25, 0.3) is 0 Å². The average molecular weight is 247 g/mol. The van der Waals surface area contributed by atoms with Crippen LogP contribution in [0.25, 0.3) is 11.0 Å². The maximum absolute atomic E-state index is 12.2. The quantitative estimate of drug-likeness (QED) is 0.657. The van der Waals surface area contributed by atoms with Crippen molar-refractivity contribution in [2.24, 2.45) is 12.2 Å². The highest BCUT2D eigenvalue weighted by Crippen LogP contribution is 2.18. The zero-order chi connectivity index (χ0) is 13.3. The number of hydrogen-bond acceptors (Lipinski definition) is 4. The molecule has 0 saturated carbocycles. The second-order valence-corrected chi connectivity index (χ2v) is 4.08. The standard InChI is InChI=1S/C12H13N3O3/c1-3-8(14-18)11(16)7-5-4-6-9-10(7)15(2)12(17)13-9/h4-6,8H,3H2,1-2H3,(H,13,17). The largest absolute Gasteiger partial charge is 0.326 e. The summed E-state index contributed by atoms with van der Waals surface area (Å²) in [5.41, 5.74) is 1.14. The molecule has 6 heteroatoms. The van der Waals surface area contributed by atoms with E-state index in [1.165, 1.54) is 4.57 Å². The van der Waals surface area contributed by atoms with E-state index in [0.717, 1.165) is 0 Å².